The quantitative estimate of drug-likeness (QED) is 0.386. The van der Waals surface area contributed by atoms with Crippen LogP contribution in [0.25, 0.3) is 0 Å². The summed E-state index contributed by atoms with van der Waals surface area (Å²) in [5, 5.41) is 6.10. The second-order valence-electron chi connectivity index (χ2n) is 7.76. The summed E-state index contributed by atoms with van der Waals surface area (Å²) < 4.78 is 0. The maximum Gasteiger partial charge on any atom is 0.220 e. The molecule has 0 heterocycles. The molecule has 0 aromatic rings. The smallest absolute Gasteiger partial charge is 0.220 e. The average Bonchev–Trinajstić information content (AvgIpc) is 2.60. The van der Waals surface area contributed by atoms with Gasteiger partial charge in [0, 0.05) is 38.0 Å². The van der Waals surface area contributed by atoms with E-state index in [4.69, 9.17) is 0 Å². The molecule has 5 heteroatoms. The predicted octanol–water partition coefficient (Wildman–Crippen LogP) is 4.20. The summed E-state index contributed by atoms with van der Waals surface area (Å²) in [6.45, 7) is 9.86. The lowest BCUT2D eigenvalue weighted by Crippen LogP contribution is -2.45. The number of hydrogen-bond donors (Lipinski definition) is 2. The lowest BCUT2D eigenvalue weighted by atomic mass is 10.2. The van der Waals surface area contributed by atoms with E-state index >= 15 is 0 Å². The van der Waals surface area contributed by atoms with E-state index in [1.807, 2.05) is 20.9 Å². The fraction of sp³-hybridized carbons (Fsp3) is 0.739. The fourth-order valence-electron chi connectivity index (χ4n) is 3.03. The Balaban J connectivity index is 3.96. The van der Waals surface area contributed by atoms with Gasteiger partial charge < -0.3 is 15.5 Å². The molecule has 162 valence electrons. The second kappa shape index (κ2) is 17.5. The summed E-state index contributed by atoms with van der Waals surface area (Å²) in [6, 6.07) is 0.174. The van der Waals surface area contributed by atoms with Crippen LogP contribution in [0.4, 0.5) is 0 Å². The first-order chi connectivity index (χ1) is 13.4. The normalized spacial score (nSPS) is 13.9. The Labute approximate surface area is 173 Å². The minimum absolute atomic E-state index is 0.0868. The molecule has 2 unspecified atom stereocenters. The van der Waals surface area contributed by atoms with Gasteiger partial charge in [-0.15, -0.1) is 0 Å². The monoisotopic (exact) mass is 393 g/mol. The topological polar surface area (TPSA) is 61.4 Å². The third-order valence-electron chi connectivity index (χ3n) is 4.31. The molecular formula is C23H43N3O2. The highest BCUT2D eigenvalue weighted by atomic mass is 16.2. The third kappa shape index (κ3) is 16.5. The molecule has 0 spiro atoms. The van der Waals surface area contributed by atoms with Gasteiger partial charge in [0.1, 0.15) is 0 Å². The Hall–Kier alpha value is -1.62. The number of nitrogens with zero attached hydrogens (tertiary/aromatic N) is 1. The summed E-state index contributed by atoms with van der Waals surface area (Å²) in [5.74, 6) is 0.194. The highest BCUT2D eigenvalue weighted by Crippen LogP contribution is 1.99. The second-order valence-corrected chi connectivity index (χ2v) is 7.76. The Morgan fingerprint density at radius 1 is 0.750 bits per heavy atom. The molecule has 0 aromatic heterocycles. The molecule has 0 radical (unpaired) electrons. The van der Waals surface area contributed by atoms with Gasteiger partial charge in [-0.25, -0.2) is 0 Å². The van der Waals surface area contributed by atoms with Crippen LogP contribution < -0.4 is 10.6 Å². The number of likely N-dealkylation sites (N-methyl/N-ethyl adjacent to an activating group) is 1. The number of rotatable bonds is 16. The molecule has 0 aliphatic carbocycles. The molecule has 0 fully saturated rings. The van der Waals surface area contributed by atoms with Crippen LogP contribution in [0.2, 0.25) is 0 Å². The zero-order valence-corrected chi connectivity index (χ0v) is 18.8. The van der Waals surface area contributed by atoms with E-state index in [2.05, 4.69) is 53.7 Å². The van der Waals surface area contributed by atoms with Crippen LogP contribution in [0.3, 0.4) is 0 Å². The van der Waals surface area contributed by atoms with Gasteiger partial charge >= 0.3 is 0 Å². The van der Waals surface area contributed by atoms with Crippen LogP contribution in [0.1, 0.15) is 79.1 Å². The molecule has 2 amide bonds. The lowest BCUT2D eigenvalue weighted by Gasteiger charge is -2.25. The van der Waals surface area contributed by atoms with E-state index in [0.717, 1.165) is 51.6 Å². The standard InChI is InChI=1S/C23H43N3O2/c1-6-8-10-12-14-16-22(27)24-20(3)18-26(5)19-21(4)25-23(28)17-15-13-11-9-7-2/h10-13,20-21H,6-9,14-19H2,1-5H3,(H,24,27)(H,25,28)/b12-10+,13-11+. The van der Waals surface area contributed by atoms with Gasteiger partial charge in [-0.05, 0) is 46.6 Å². The largest absolute Gasteiger partial charge is 0.352 e. The molecule has 0 aliphatic heterocycles. The fourth-order valence-corrected chi connectivity index (χ4v) is 3.03. The molecule has 0 rings (SSSR count). The zero-order valence-electron chi connectivity index (χ0n) is 18.8. The van der Waals surface area contributed by atoms with E-state index in [1.54, 1.807) is 0 Å². The number of carbonyl (C=O) groups excluding carboxylic acids is 2. The van der Waals surface area contributed by atoms with Crippen molar-refractivity contribution in [3.8, 4) is 0 Å². The van der Waals surface area contributed by atoms with E-state index in [1.165, 1.54) is 0 Å². The Morgan fingerprint density at radius 2 is 1.11 bits per heavy atom. The Kier molecular flexibility index (Phi) is 16.5. The van der Waals surface area contributed by atoms with Crippen LogP contribution in [0.15, 0.2) is 24.3 Å². The van der Waals surface area contributed by atoms with E-state index < -0.39 is 0 Å². The van der Waals surface area contributed by atoms with Crippen molar-refractivity contribution in [1.82, 2.24) is 15.5 Å². The van der Waals surface area contributed by atoms with E-state index in [0.29, 0.717) is 12.8 Å². The maximum absolute atomic E-state index is 12.0. The first kappa shape index (κ1) is 26.4. The summed E-state index contributed by atoms with van der Waals surface area (Å²) in [5.41, 5.74) is 0. The highest BCUT2D eigenvalue weighted by molar-refractivity contribution is 5.76. The number of nitrogens with one attached hydrogen (secondary N) is 2. The maximum atomic E-state index is 12.0. The SMILES string of the molecule is CCC/C=C/CCC(=O)NC(C)CN(C)CC(C)NC(=O)CC/C=C/CCC. The number of hydrogen-bond acceptors (Lipinski definition) is 3. The minimum atomic E-state index is 0.0868. The average molecular weight is 394 g/mol. The molecule has 2 N–H and O–H groups in total. The summed E-state index contributed by atoms with van der Waals surface area (Å²) in [7, 11) is 2.02. The van der Waals surface area contributed by atoms with E-state index in [9.17, 15) is 9.59 Å². The molecule has 0 bridgehead atoms. The molecule has 0 aromatic carbocycles. The van der Waals surface area contributed by atoms with Gasteiger partial charge in [-0.1, -0.05) is 51.0 Å². The van der Waals surface area contributed by atoms with Crippen molar-refractivity contribution in [3.05, 3.63) is 24.3 Å². The molecule has 5 nitrogen and oxygen atoms in total. The van der Waals surface area contributed by atoms with Crippen LogP contribution in [-0.2, 0) is 9.59 Å². The van der Waals surface area contributed by atoms with Crippen molar-refractivity contribution < 1.29 is 9.59 Å². The number of amides is 2. The van der Waals surface area contributed by atoms with E-state index in [-0.39, 0.29) is 23.9 Å². The van der Waals surface area contributed by atoms with Crippen molar-refractivity contribution in [2.45, 2.75) is 91.1 Å². The number of carbonyl (C=O) groups is 2. The molecule has 0 aliphatic rings. The van der Waals surface area contributed by atoms with Gasteiger partial charge in [-0.3, -0.25) is 9.59 Å². The summed E-state index contributed by atoms with van der Waals surface area (Å²) in [6.07, 6.45) is 15.6. The van der Waals surface area contributed by atoms with Crippen molar-refractivity contribution >= 4 is 11.8 Å². The number of allylic oxidation sites excluding steroid dienone is 4. The van der Waals surface area contributed by atoms with Crippen LogP contribution in [0.5, 0.6) is 0 Å². The zero-order chi connectivity index (χ0) is 21.2. The summed E-state index contributed by atoms with van der Waals surface area (Å²) >= 11 is 0. The minimum Gasteiger partial charge on any atom is -0.352 e. The Morgan fingerprint density at radius 3 is 1.46 bits per heavy atom. The first-order valence-corrected chi connectivity index (χ1v) is 11.0. The molecular weight excluding hydrogens is 350 g/mol. The Bertz CT molecular complexity index is 432. The van der Waals surface area contributed by atoms with Crippen LogP contribution >= 0.6 is 0 Å². The van der Waals surface area contributed by atoms with Crippen molar-refractivity contribution in [2.24, 2.45) is 0 Å². The predicted molar refractivity (Wildman–Crippen MR) is 119 cm³/mol. The van der Waals surface area contributed by atoms with Gasteiger partial charge in [0.05, 0.1) is 0 Å². The van der Waals surface area contributed by atoms with Crippen molar-refractivity contribution in [2.75, 3.05) is 20.1 Å². The van der Waals surface area contributed by atoms with Gasteiger partial charge in [0.25, 0.3) is 0 Å². The van der Waals surface area contributed by atoms with Crippen LogP contribution in [-0.4, -0.2) is 48.9 Å². The molecule has 0 saturated carbocycles. The van der Waals surface area contributed by atoms with Crippen molar-refractivity contribution in [3.63, 3.8) is 0 Å². The molecule has 0 saturated heterocycles. The number of unbranched alkanes of at least 4 members (excludes halogenated alkanes) is 2. The van der Waals surface area contributed by atoms with Gasteiger partial charge in [0.15, 0.2) is 0 Å². The van der Waals surface area contributed by atoms with Crippen molar-refractivity contribution in [1.29, 1.82) is 0 Å². The van der Waals surface area contributed by atoms with Gasteiger partial charge in [-0.2, -0.15) is 0 Å². The van der Waals surface area contributed by atoms with Crippen LogP contribution in [0, 0.1) is 0 Å². The summed E-state index contributed by atoms with van der Waals surface area (Å²) in [4.78, 5) is 26.1. The lowest BCUT2D eigenvalue weighted by molar-refractivity contribution is -0.122. The molecule has 2 atom stereocenters. The highest BCUT2D eigenvalue weighted by Gasteiger charge is 2.13. The van der Waals surface area contributed by atoms with Gasteiger partial charge in [0.2, 0.25) is 11.8 Å². The molecule has 28 heavy (non-hydrogen) atoms. The first-order valence-electron chi connectivity index (χ1n) is 11.0. The third-order valence-corrected chi connectivity index (χ3v) is 4.31.